The van der Waals surface area contributed by atoms with Crippen LogP contribution in [0.4, 0.5) is 4.39 Å². The SMILES string of the molecule is O=C1CCC1c1ccccc1F. The van der Waals surface area contributed by atoms with Crippen molar-refractivity contribution in [1.29, 1.82) is 0 Å². The Kier molecular flexibility index (Phi) is 1.68. The van der Waals surface area contributed by atoms with E-state index in [1.165, 1.54) is 6.07 Å². The van der Waals surface area contributed by atoms with Gasteiger partial charge in [-0.25, -0.2) is 4.39 Å². The van der Waals surface area contributed by atoms with Gasteiger partial charge in [0.25, 0.3) is 0 Å². The van der Waals surface area contributed by atoms with Crippen molar-refractivity contribution in [3.63, 3.8) is 0 Å². The largest absolute Gasteiger partial charge is 0.299 e. The number of rotatable bonds is 1. The Labute approximate surface area is 70.2 Å². The zero-order chi connectivity index (χ0) is 8.55. The van der Waals surface area contributed by atoms with Crippen LogP contribution in [0.25, 0.3) is 0 Å². The third-order valence-corrected chi connectivity index (χ3v) is 2.35. The highest BCUT2D eigenvalue weighted by molar-refractivity contribution is 5.91. The zero-order valence-electron chi connectivity index (χ0n) is 6.59. The quantitative estimate of drug-likeness (QED) is 0.622. The zero-order valence-corrected chi connectivity index (χ0v) is 6.59. The summed E-state index contributed by atoms with van der Waals surface area (Å²) in [6.45, 7) is 0. The van der Waals surface area contributed by atoms with Gasteiger partial charge in [0, 0.05) is 12.3 Å². The summed E-state index contributed by atoms with van der Waals surface area (Å²) in [4.78, 5) is 11.0. The first-order valence-corrected chi connectivity index (χ1v) is 4.06. The van der Waals surface area contributed by atoms with Gasteiger partial charge in [0.2, 0.25) is 0 Å². The van der Waals surface area contributed by atoms with Crippen molar-refractivity contribution in [2.24, 2.45) is 0 Å². The molecule has 62 valence electrons. The Hall–Kier alpha value is -1.18. The molecule has 0 radical (unpaired) electrons. The molecule has 1 aliphatic carbocycles. The lowest BCUT2D eigenvalue weighted by Gasteiger charge is -2.24. The highest BCUT2D eigenvalue weighted by Crippen LogP contribution is 2.33. The number of Topliss-reactive ketones (excluding diaryl/α,β-unsaturated/α-hetero) is 1. The number of benzene rings is 1. The molecule has 0 amide bonds. The van der Waals surface area contributed by atoms with Gasteiger partial charge >= 0.3 is 0 Å². The predicted octanol–water partition coefficient (Wildman–Crippen LogP) is 2.27. The molecule has 1 aromatic carbocycles. The maximum absolute atomic E-state index is 13.1. The molecular formula is C10H9FO. The summed E-state index contributed by atoms with van der Waals surface area (Å²) in [5.41, 5.74) is 0.564. The maximum atomic E-state index is 13.1. The van der Waals surface area contributed by atoms with E-state index in [1.54, 1.807) is 18.2 Å². The van der Waals surface area contributed by atoms with E-state index in [-0.39, 0.29) is 17.5 Å². The van der Waals surface area contributed by atoms with Crippen LogP contribution in [0.2, 0.25) is 0 Å². The van der Waals surface area contributed by atoms with Crippen LogP contribution >= 0.6 is 0 Å². The van der Waals surface area contributed by atoms with Crippen molar-refractivity contribution in [3.05, 3.63) is 35.6 Å². The number of ketones is 1. The Morgan fingerprint density at radius 3 is 2.58 bits per heavy atom. The van der Waals surface area contributed by atoms with Gasteiger partial charge in [0.1, 0.15) is 11.6 Å². The fraction of sp³-hybridized carbons (Fsp3) is 0.300. The van der Waals surface area contributed by atoms with Gasteiger partial charge < -0.3 is 0 Å². The molecule has 0 spiro atoms. The van der Waals surface area contributed by atoms with Gasteiger partial charge in [-0.1, -0.05) is 18.2 Å². The molecule has 0 heterocycles. The molecule has 1 atom stereocenters. The predicted molar refractivity (Wildman–Crippen MR) is 43.4 cm³/mol. The summed E-state index contributed by atoms with van der Waals surface area (Å²) in [6.07, 6.45) is 1.42. The first-order valence-electron chi connectivity index (χ1n) is 4.06. The summed E-state index contributed by atoms with van der Waals surface area (Å²) in [7, 11) is 0. The molecular weight excluding hydrogens is 155 g/mol. The molecule has 0 saturated heterocycles. The van der Waals surface area contributed by atoms with Crippen LogP contribution in [0, 0.1) is 5.82 Å². The van der Waals surface area contributed by atoms with Crippen molar-refractivity contribution in [3.8, 4) is 0 Å². The normalized spacial score (nSPS) is 22.1. The van der Waals surface area contributed by atoms with E-state index >= 15 is 0 Å². The minimum absolute atomic E-state index is 0.161. The summed E-state index contributed by atoms with van der Waals surface area (Å²) >= 11 is 0. The van der Waals surface area contributed by atoms with E-state index in [0.717, 1.165) is 6.42 Å². The molecule has 12 heavy (non-hydrogen) atoms. The second-order valence-corrected chi connectivity index (χ2v) is 3.08. The molecule has 1 fully saturated rings. The fourth-order valence-corrected chi connectivity index (χ4v) is 1.49. The summed E-state index contributed by atoms with van der Waals surface area (Å²) in [6, 6.07) is 6.50. The lowest BCUT2D eigenvalue weighted by atomic mass is 9.78. The molecule has 1 saturated carbocycles. The Bertz CT molecular complexity index is 319. The minimum Gasteiger partial charge on any atom is -0.299 e. The molecule has 1 unspecified atom stereocenters. The number of halogens is 1. The van der Waals surface area contributed by atoms with Crippen molar-refractivity contribution in [1.82, 2.24) is 0 Å². The van der Waals surface area contributed by atoms with E-state index in [2.05, 4.69) is 0 Å². The highest BCUT2D eigenvalue weighted by Gasteiger charge is 2.31. The Balaban J connectivity index is 2.33. The molecule has 0 bridgehead atoms. The van der Waals surface area contributed by atoms with Crippen molar-refractivity contribution in [2.75, 3.05) is 0 Å². The van der Waals surface area contributed by atoms with E-state index in [9.17, 15) is 9.18 Å². The molecule has 1 aromatic rings. The Morgan fingerprint density at radius 2 is 2.08 bits per heavy atom. The monoisotopic (exact) mass is 164 g/mol. The van der Waals surface area contributed by atoms with E-state index in [0.29, 0.717) is 12.0 Å². The highest BCUT2D eigenvalue weighted by atomic mass is 19.1. The third-order valence-electron chi connectivity index (χ3n) is 2.35. The number of carbonyl (C=O) groups is 1. The number of hydrogen-bond donors (Lipinski definition) is 0. The first kappa shape index (κ1) is 7.47. The van der Waals surface area contributed by atoms with Crippen molar-refractivity contribution in [2.45, 2.75) is 18.8 Å². The lowest BCUT2D eigenvalue weighted by Crippen LogP contribution is -2.24. The van der Waals surface area contributed by atoms with Gasteiger partial charge in [0.05, 0.1) is 0 Å². The fourth-order valence-electron chi connectivity index (χ4n) is 1.49. The Morgan fingerprint density at radius 1 is 1.33 bits per heavy atom. The van der Waals surface area contributed by atoms with Crippen LogP contribution in [0.3, 0.4) is 0 Å². The number of carbonyl (C=O) groups excluding carboxylic acids is 1. The van der Waals surface area contributed by atoms with E-state index < -0.39 is 0 Å². The smallest absolute Gasteiger partial charge is 0.140 e. The molecule has 1 aliphatic rings. The van der Waals surface area contributed by atoms with Crippen LogP contribution in [-0.2, 0) is 4.79 Å². The minimum atomic E-state index is -0.254. The van der Waals surface area contributed by atoms with Crippen molar-refractivity contribution < 1.29 is 9.18 Å². The van der Waals surface area contributed by atoms with Crippen LogP contribution in [0.15, 0.2) is 24.3 Å². The van der Waals surface area contributed by atoms with Gasteiger partial charge in [-0.3, -0.25) is 4.79 Å². The average Bonchev–Trinajstić information content (AvgIpc) is 2.06. The van der Waals surface area contributed by atoms with Gasteiger partial charge in [-0.2, -0.15) is 0 Å². The third kappa shape index (κ3) is 1.04. The second-order valence-electron chi connectivity index (χ2n) is 3.08. The van der Waals surface area contributed by atoms with Crippen LogP contribution in [-0.4, -0.2) is 5.78 Å². The first-order chi connectivity index (χ1) is 5.79. The van der Waals surface area contributed by atoms with E-state index in [4.69, 9.17) is 0 Å². The standard InChI is InChI=1S/C10H9FO/c11-9-4-2-1-3-7(9)8-5-6-10(8)12/h1-4,8H,5-6H2. The second kappa shape index (κ2) is 2.70. The molecule has 2 rings (SSSR count). The summed E-state index contributed by atoms with van der Waals surface area (Å²) in [5.74, 6) is -0.248. The van der Waals surface area contributed by atoms with Gasteiger partial charge in [0.15, 0.2) is 0 Å². The van der Waals surface area contributed by atoms with Crippen LogP contribution in [0.5, 0.6) is 0 Å². The van der Waals surface area contributed by atoms with Crippen molar-refractivity contribution >= 4 is 5.78 Å². The molecule has 0 N–H and O–H groups in total. The molecule has 0 aromatic heterocycles. The maximum Gasteiger partial charge on any atom is 0.140 e. The van der Waals surface area contributed by atoms with E-state index in [1.807, 2.05) is 0 Å². The lowest BCUT2D eigenvalue weighted by molar-refractivity contribution is -0.125. The van der Waals surface area contributed by atoms with Crippen LogP contribution < -0.4 is 0 Å². The molecule has 1 nitrogen and oxygen atoms in total. The average molecular weight is 164 g/mol. The topological polar surface area (TPSA) is 17.1 Å². The number of hydrogen-bond acceptors (Lipinski definition) is 1. The van der Waals surface area contributed by atoms with Crippen LogP contribution in [0.1, 0.15) is 24.3 Å². The van der Waals surface area contributed by atoms with Gasteiger partial charge in [-0.05, 0) is 18.1 Å². The summed E-state index contributed by atoms with van der Waals surface area (Å²) in [5, 5.41) is 0. The molecule has 2 heteroatoms. The summed E-state index contributed by atoms with van der Waals surface area (Å²) < 4.78 is 13.1. The van der Waals surface area contributed by atoms with Gasteiger partial charge in [-0.15, -0.1) is 0 Å². The molecule has 0 aliphatic heterocycles.